The molecule has 0 spiro atoms. The summed E-state index contributed by atoms with van der Waals surface area (Å²) in [5, 5.41) is 2.83. The van der Waals surface area contributed by atoms with Gasteiger partial charge in [0.25, 0.3) is 0 Å². The Hall–Kier alpha value is -2.47. The molecule has 0 aliphatic carbocycles. The topological polar surface area (TPSA) is 58.6 Å². The zero-order chi connectivity index (χ0) is 18.8. The fourth-order valence-corrected chi connectivity index (χ4v) is 3.15. The molecule has 0 heterocycles. The first kappa shape index (κ1) is 19.8. The normalized spacial score (nSPS) is 10.2. The molecule has 0 unspecified atom stereocenters. The van der Waals surface area contributed by atoms with Gasteiger partial charge in [-0.15, -0.1) is 11.8 Å². The number of nitrogens with one attached hydrogen (secondary N) is 1. The number of carbonyl (C=O) groups excluding carboxylic acids is 2. The Labute approximate surface area is 158 Å². The Morgan fingerprint density at radius 1 is 1.00 bits per heavy atom. The summed E-state index contributed by atoms with van der Waals surface area (Å²) < 4.78 is 5.49. The Balaban J connectivity index is 1.83. The van der Waals surface area contributed by atoms with Crippen molar-refractivity contribution in [3.63, 3.8) is 0 Å². The third-order valence-corrected chi connectivity index (χ3v) is 4.52. The smallest absolute Gasteiger partial charge is 0.236 e. The first-order valence-electron chi connectivity index (χ1n) is 8.60. The van der Waals surface area contributed by atoms with Crippen LogP contribution in [0.3, 0.4) is 0 Å². The van der Waals surface area contributed by atoms with Gasteiger partial charge < -0.3 is 15.0 Å². The average molecular weight is 372 g/mol. The number of carbonyl (C=O) groups is 2. The number of thioether (sulfide) groups is 1. The summed E-state index contributed by atoms with van der Waals surface area (Å²) in [7, 11) is 0. The number of anilines is 2. The SMILES string of the molecule is CCOc1ccccc1NC(=O)CSCC(=O)N(CC)c1ccccc1. The van der Waals surface area contributed by atoms with Crippen LogP contribution < -0.4 is 15.0 Å². The van der Waals surface area contributed by atoms with E-state index in [1.807, 2.05) is 62.4 Å². The van der Waals surface area contributed by atoms with E-state index >= 15 is 0 Å². The molecule has 0 aliphatic rings. The third-order valence-electron chi connectivity index (χ3n) is 3.60. The van der Waals surface area contributed by atoms with Gasteiger partial charge in [0.2, 0.25) is 11.8 Å². The Bertz CT molecular complexity index is 722. The fraction of sp³-hybridized carbons (Fsp3) is 0.300. The van der Waals surface area contributed by atoms with E-state index in [4.69, 9.17) is 4.74 Å². The molecular formula is C20H24N2O3S. The summed E-state index contributed by atoms with van der Waals surface area (Å²) in [6, 6.07) is 16.9. The second kappa shape index (κ2) is 10.5. The van der Waals surface area contributed by atoms with Crippen LogP contribution in [0.1, 0.15) is 13.8 Å². The van der Waals surface area contributed by atoms with Crippen LogP contribution in [-0.4, -0.2) is 36.5 Å². The van der Waals surface area contributed by atoms with Crippen molar-refractivity contribution in [2.75, 3.05) is 34.9 Å². The van der Waals surface area contributed by atoms with E-state index in [-0.39, 0.29) is 23.3 Å². The molecule has 6 heteroatoms. The summed E-state index contributed by atoms with van der Waals surface area (Å²) in [6.07, 6.45) is 0. The van der Waals surface area contributed by atoms with Crippen LogP contribution in [0.2, 0.25) is 0 Å². The second-order valence-corrected chi connectivity index (χ2v) is 6.43. The van der Waals surface area contributed by atoms with Crippen molar-refractivity contribution >= 4 is 35.0 Å². The van der Waals surface area contributed by atoms with Crippen LogP contribution in [0.25, 0.3) is 0 Å². The second-order valence-electron chi connectivity index (χ2n) is 5.44. The Morgan fingerprint density at radius 3 is 2.38 bits per heavy atom. The largest absolute Gasteiger partial charge is 0.492 e. The lowest BCUT2D eigenvalue weighted by Gasteiger charge is -2.20. The zero-order valence-corrected chi connectivity index (χ0v) is 15.9. The van der Waals surface area contributed by atoms with Gasteiger partial charge in [-0.25, -0.2) is 0 Å². The van der Waals surface area contributed by atoms with Crippen LogP contribution in [0.4, 0.5) is 11.4 Å². The van der Waals surface area contributed by atoms with Crippen molar-refractivity contribution in [2.24, 2.45) is 0 Å². The first-order valence-corrected chi connectivity index (χ1v) is 9.76. The summed E-state index contributed by atoms with van der Waals surface area (Å²) in [5.74, 6) is 0.941. The van der Waals surface area contributed by atoms with Crippen molar-refractivity contribution < 1.29 is 14.3 Å². The van der Waals surface area contributed by atoms with Crippen molar-refractivity contribution in [1.29, 1.82) is 0 Å². The van der Waals surface area contributed by atoms with Gasteiger partial charge in [0.05, 0.1) is 23.8 Å². The van der Waals surface area contributed by atoms with Crippen LogP contribution in [0, 0.1) is 0 Å². The van der Waals surface area contributed by atoms with E-state index in [1.165, 1.54) is 11.8 Å². The minimum atomic E-state index is -0.155. The average Bonchev–Trinajstić information content (AvgIpc) is 2.65. The lowest BCUT2D eigenvalue weighted by molar-refractivity contribution is -0.116. The van der Waals surface area contributed by atoms with E-state index in [1.54, 1.807) is 11.0 Å². The number of rotatable bonds is 9. The predicted octanol–water partition coefficient (Wildman–Crippen LogP) is 3.81. The zero-order valence-electron chi connectivity index (χ0n) is 15.1. The number of amides is 2. The van der Waals surface area contributed by atoms with Crippen molar-refractivity contribution in [3.05, 3.63) is 54.6 Å². The van der Waals surface area contributed by atoms with Gasteiger partial charge in [0, 0.05) is 12.2 Å². The molecular weight excluding hydrogens is 348 g/mol. The minimum Gasteiger partial charge on any atom is -0.492 e. The molecule has 0 saturated heterocycles. The third kappa shape index (κ3) is 5.81. The molecule has 2 rings (SSSR count). The molecule has 5 nitrogen and oxygen atoms in total. The molecule has 0 saturated carbocycles. The number of benzene rings is 2. The molecule has 26 heavy (non-hydrogen) atoms. The van der Waals surface area contributed by atoms with Gasteiger partial charge in [0.1, 0.15) is 5.75 Å². The van der Waals surface area contributed by atoms with Gasteiger partial charge in [-0.3, -0.25) is 9.59 Å². The van der Waals surface area contributed by atoms with Gasteiger partial charge in [-0.2, -0.15) is 0 Å². The molecule has 2 aromatic carbocycles. The summed E-state index contributed by atoms with van der Waals surface area (Å²) in [4.78, 5) is 26.3. The first-order chi connectivity index (χ1) is 12.7. The molecule has 0 radical (unpaired) electrons. The molecule has 0 atom stereocenters. The van der Waals surface area contributed by atoms with Crippen LogP contribution in [-0.2, 0) is 9.59 Å². The molecule has 0 aliphatic heterocycles. The lowest BCUT2D eigenvalue weighted by Crippen LogP contribution is -2.32. The van der Waals surface area contributed by atoms with Crippen molar-refractivity contribution in [1.82, 2.24) is 0 Å². The standard InChI is InChI=1S/C20H24N2O3S/c1-3-22(16-10-6-5-7-11-16)20(24)15-26-14-19(23)21-17-12-8-9-13-18(17)25-4-2/h5-13H,3-4,14-15H2,1-2H3,(H,21,23). The van der Waals surface area contributed by atoms with E-state index < -0.39 is 0 Å². The number of nitrogens with zero attached hydrogens (tertiary/aromatic N) is 1. The highest BCUT2D eigenvalue weighted by Gasteiger charge is 2.14. The molecule has 0 bridgehead atoms. The molecule has 138 valence electrons. The molecule has 0 fully saturated rings. The number of hydrogen-bond donors (Lipinski definition) is 1. The minimum absolute atomic E-state index is 0.00813. The maximum atomic E-state index is 12.4. The van der Waals surface area contributed by atoms with E-state index in [0.717, 1.165) is 5.69 Å². The number of hydrogen-bond acceptors (Lipinski definition) is 4. The molecule has 2 aromatic rings. The quantitative estimate of drug-likeness (QED) is 0.727. The highest BCUT2D eigenvalue weighted by atomic mass is 32.2. The van der Waals surface area contributed by atoms with Crippen molar-refractivity contribution in [3.8, 4) is 5.75 Å². The van der Waals surface area contributed by atoms with Crippen LogP contribution >= 0.6 is 11.8 Å². The van der Waals surface area contributed by atoms with Gasteiger partial charge in [0.15, 0.2) is 0 Å². The van der Waals surface area contributed by atoms with E-state index in [9.17, 15) is 9.59 Å². The molecule has 1 N–H and O–H groups in total. The Morgan fingerprint density at radius 2 is 1.69 bits per heavy atom. The highest BCUT2D eigenvalue weighted by molar-refractivity contribution is 8.00. The summed E-state index contributed by atoms with van der Waals surface area (Å²) in [5.41, 5.74) is 1.52. The maximum Gasteiger partial charge on any atom is 0.236 e. The number of para-hydroxylation sites is 3. The maximum absolute atomic E-state index is 12.4. The van der Waals surface area contributed by atoms with Crippen molar-refractivity contribution in [2.45, 2.75) is 13.8 Å². The summed E-state index contributed by atoms with van der Waals surface area (Å²) in [6.45, 7) is 4.96. The monoisotopic (exact) mass is 372 g/mol. The molecule has 0 aromatic heterocycles. The molecule has 2 amide bonds. The predicted molar refractivity (Wildman–Crippen MR) is 108 cm³/mol. The van der Waals surface area contributed by atoms with Crippen LogP contribution in [0.15, 0.2) is 54.6 Å². The van der Waals surface area contributed by atoms with Gasteiger partial charge in [-0.1, -0.05) is 30.3 Å². The van der Waals surface area contributed by atoms with Gasteiger partial charge >= 0.3 is 0 Å². The highest BCUT2D eigenvalue weighted by Crippen LogP contribution is 2.24. The summed E-state index contributed by atoms with van der Waals surface area (Å²) >= 11 is 1.30. The van der Waals surface area contributed by atoms with E-state index in [2.05, 4.69) is 5.32 Å². The van der Waals surface area contributed by atoms with E-state index in [0.29, 0.717) is 24.6 Å². The number of ether oxygens (including phenoxy) is 1. The lowest BCUT2D eigenvalue weighted by atomic mass is 10.3. The van der Waals surface area contributed by atoms with Crippen LogP contribution in [0.5, 0.6) is 5.75 Å². The Kier molecular flexibility index (Phi) is 8.02. The van der Waals surface area contributed by atoms with Gasteiger partial charge in [-0.05, 0) is 38.1 Å². The fourth-order valence-electron chi connectivity index (χ4n) is 2.46.